The molecule has 0 atom stereocenters. The maximum Gasteiger partial charge on any atom is 0.251 e. The summed E-state index contributed by atoms with van der Waals surface area (Å²) < 4.78 is 39.9. The molecule has 4 rings (SSSR count). The third-order valence-electron chi connectivity index (χ3n) is 4.85. The minimum atomic E-state index is -0.709. The molecule has 0 saturated carbocycles. The second-order valence-electron chi connectivity index (χ2n) is 7.16. The first kappa shape index (κ1) is 22.2. The number of ether oxygens (including phenoxy) is 2. The van der Waals surface area contributed by atoms with Gasteiger partial charge in [0.15, 0.2) is 23.0 Å². The van der Waals surface area contributed by atoms with Crippen molar-refractivity contribution in [1.29, 1.82) is 0 Å². The summed E-state index contributed by atoms with van der Waals surface area (Å²) >= 11 is 0. The number of aromatic nitrogens is 3. The van der Waals surface area contributed by atoms with E-state index in [1.807, 2.05) is 32.0 Å². The van der Waals surface area contributed by atoms with Gasteiger partial charge in [0.2, 0.25) is 0 Å². The number of pyridine rings is 1. The van der Waals surface area contributed by atoms with E-state index in [9.17, 15) is 13.6 Å². The van der Waals surface area contributed by atoms with Gasteiger partial charge in [-0.15, -0.1) is 10.2 Å². The Kier molecular flexibility index (Phi) is 6.48. The molecule has 1 N–H and O–H groups in total. The lowest BCUT2D eigenvalue weighted by Crippen LogP contribution is -2.23. The van der Waals surface area contributed by atoms with E-state index in [1.165, 1.54) is 12.1 Å². The number of halogens is 2. The van der Waals surface area contributed by atoms with Gasteiger partial charge in [0.25, 0.3) is 5.91 Å². The molecular formula is C24H22F2N4O3. The van der Waals surface area contributed by atoms with Crippen LogP contribution in [0, 0.1) is 11.6 Å². The lowest BCUT2D eigenvalue weighted by molar-refractivity contribution is 0.0951. The fraction of sp³-hybridized carbons (Fsp3) is 0.208. The quantitative estimate of drug-likeness (QED) is 0.429. The fourth-order valence-corrected chi connectivity index (χ4v) is 3.40. The molecule has 0 aliphatic rings. The molecule has 0 spiro atoms. The van der Waals surface area contributed by atoms with Crippen LogP contribution < -0.4 is 14.8 Å². The summed E-state index contributed by atoms with van der Waals surface area (Å²) in [6.45, 7) is 5.10. The molecule has 0 saturated heterocycles. The molecule has 7 nitrogen and oxygen atoms in total. The number of rotatable bonds is 8. The average molecular weight is 452 g/mol. The van der Waals surface area contributed by atoms with E-state index in [4.69, 9.17) is 9.47 Å². The Morgan fingerprint density at radius 3 is 2.39 bits per heavy atom. The lowest BCUT2D eigenvalue weighted by atomic mass is 10.2. The van der Waals surface area contributed by atoms with Crippen molar-refractivity contribution < 1.29 is 23.0 Å². The summed E-state index contributed by atoms with van der Waals surface area (Å²) in [4.78, 5) is 12.7. The van der Waals surface area contributed by atoms with Gasteiger partial charge >= 0.3 is 0 Å². The highest BCUT2D eigenvalue weighted by Gasteiger charge is 2.14. The Balaban J connectivity index is 1.50. The van der Waals surface area contributed by atoms with Crippen molar-refractivity contribution in [2.24, 2.45) is 0 Å². The van der Waals surface area contributed by atoms with Crippen molar-refractivity contribution in [1.82, 2.24) is 19.9 Å². The highest BCUT2D eigenvalue weighted by Crippen LogP contribution is 2.28. The molecule has 2 aromatic heterocycles. The molecule has 0 aliphatic heterocycles. The van der Waals surface area contributed by atoms with Gasteiger partial charge in [-0.25, -0.2) is 8.78 Å². The van der Waals surface area contributed by atoms with E-state index < -0.39 is 11.6 Å². The van der Waals surface area contributed by atoms with Crippen molar-refractivity contribution >= 4 is 11.6 Å². The second-order valence-corrected chi connectivity index (χ2v) is 7.16. The number of hydrogen-bond donors (Lipinski definition) is 1. The lowest BCUT2D eigenvalue weighted by Gasteiger charge is -2.13. The Morgan fingerprint density at radius 2 is 1.67 bits per heavy atom. The number of hydrogen-bond acceptors (Lipinski definition) is 5. The Morgan fingerprint density at radius 1 is 0.939 bits per heavy atom. The molecule has 0 bridgehead atoms. The summed E-state index contributed by atoms with van der Waals surface area (Å²) in [5.41, 5.74) is 1.86. The maximum absolute atomic E-state index is 13.6. The van der Waals surface area contributed by atoms with Gasteiger partial charge in [0, 0.05) is 29.9 Å². The average Bonchev–Trinajstić information content (AvgIpc) is 3.22. The normalized spacial score (nSPS) is 10.9. The number of carbonyl (C=O) groups excluding carboxylic acids is 1. The number of carbonyl (C=O) groups is 1. The molecule has 2 aromatic carbocycles. The SMILES string of the molecule is CCOc1ccc(CNC(=O)c2ccn3c(-c4cc(F)cc(F)c4)nnc3c2)cc1OCC. The van der Waals surface area contributed by atoms with E-state index in [0.717, 1.165) is 11.6 Å². The minimum Gasteiger partial charge on any atom is -0.490 e. The van der Waals surface area contributed by atoms with Crippen LogP contribution in [-0.2, 0) is 6.54 Å². The molecule has 2 heterocycles. The molecule has 9 heteroatoms. The highest BCUT2D eigenvalue weighted by atomic mass is 19.1. The standard InChI is InChI=1S/C24H22F2N4O3/c1-3-32-20-6-5-15(9-21(20)33-4-2)14-27-24(31)16-7-8-30-22(12-16)28-29-23(30)17-10-18(25)13-19(26)11-17/h5-13H,3-4,14H2,1-2H3,(H,27,31). The number of amides is 1. The van der Waals surface area contributed by atoms with Gasteiger partial charge in [0.05, 0.1) is 13.2 Å². The van der Waals surface area contributed by atoms with E-state index >= 15 is 0 Å². The number of nitrogens with zero attached hydrogens (tertiary/aromatic N) is 3. The van der Waals surface area contributed by atoms with E-state index in [0.29, 0.717) is 35.9 Å². The van der Waals surface area contributed by atoms with Crippen molar-refractivity contribution in [3.05, 3.63) is 77.5 Å². The van der Waals surface area contributed by atoms with Crippen LogP contribution in [0.2, 0.25) is 0 Å². The van der Waals surface area contributed by atoms with Crippen molar-refractivity contribution in [3.8, 4) is 22.9 Å². The van der Waals surface area contributed by atoms with E-state index in [1.54, 1.807) is 22.7 Å². The maximum atomic E-state index is 13.6. The molecular weight excluding hydrogens is 430 g/mol. The summed E-state index contributed by atoms with van der Waals surface area (Å²) in [6, 6.07) is 11.8. The topological polar surface area (TPSA) is 77.8 Å². The third kappa shape index (κ3) is 4.92. The number of benzene rings is 2. The molecule has 4 aromatic rings. The van der Waals surface area contributed by atoms with E-state index in [2.05, 4.69) is 15.5 Å². The fourth-order valence-electron chi connectivity index (χ4n) is 3.40. The van der Waals surface area contributed by atoms with E-state index in [-0.39, 0.29) is 23.8 Å². The van der Waals surface area contributed by atoms with Crippen molar-refractivity contribution in [2.45, 2.75) is 20.4 Å². The Bertz CT molecular complexity index is 1290. The molecule has 33 heavy (non-hydrogen) atoms. The highest BCUT2D eigenvalue weighted by molar-refractivity contribution is 5.95. The van der Waals surface area contributed by atoms with Gasteiger partial charge in [-0.1, -0.05) is 6.07 Å². The van der Waals surface area contributed by atoms with Gasteiger partial charge < -0.3 is 14.8 Å². The summed E-state index contributed by atoms with van der Waals surface area (Å²) in [7, 11) is 0. The zero-order chi connectivity index (χ0) is 23.4. The first-order chi connectivity index (χ1) is 16.0. The zero-order valence-corrected chi connectivity index (χ0v) is 18.1. The molecule has 0 aliphatic carbocycles. The molecule has 0 radical (unpaired) electrons. The molecule has 0 unspecified atom stereocenters. The first-order valence-electron chi connectivity index (χ1n) is 10.5. The summed E-state index contributed by atoms with van der Waals surface area (Å²) in [5.74, 6) is -0.170. The van der Waals surface area contributed by atoms with Crippen LogP contribution >= 0.6 is 0 Å². The molecule has 170 valence electrons. The predicted molar refractivity (Wildman–Crippen MR) is 118 cm³/mol. The van der Waals surface area contributed by atoms with Crippen LogP contribution in [-0.4, -0.2) is 33.7 Å². The summed E-state index contributed by atoms with van der Waals surface area (Å²) in [5, 5.41) is 10.9. The Labute approximate surface area is 189 Å². The monoisotopic (exact) mass is 452 g/mol. The number of nitrogens with one attached hydrogen (secondary N) is 1. The van der Waals surface area contributed by atoms with Crippen LogP contribution in [0.1, 0.15) is 29.8 Å². The van der Waals surface area contributed by atoms with Crippen LogP contribution in [0.3, 0.4) is 0 Å². The molecule has 1 amide bonds. The second kappa shape index (κ2) is 9.64. The number of fused-ring (bicyclic) bond motifs is 1. The largest absolute Gasteiger partial charge is 0.490 e. The first-order valence-corrected chi connectivity index (χ1v) is 10.5. The van der Waals surface area contributed by atoms with Crippen LogP contribution in [0.25, 0.3) is 17.0 Å². The van der Waals surface area contributed by atoms with Gasteiger partial charge in [-0.2, -0.15) is 0 Å². The van der Waals surface area contributed by atoms with Gasteiger partial charge in [-0.3, -0.25) is 9.20 Å². The minimum absolute atomic E-state index is 0.248. The summed E-state index contributed by atoms with van der Waals surface area (Å²) in [6.07, 6.45) is 1.59. The van der Waals surface area contributed by atoms with Crippen LogP contribution in [0.5, 0.6) is 11.5 Å². The smallest absolute Gasteiger partial charge is 0.251 e. The molecule has 0 fully saturated rings. The Hall–Kier alpha value is -4.01. The van der Waals surface area contributed by atoms with Crippen molar-refractivity contribution in [3.63, 3.8) is 0 Å². The van der Waals surface area contributed by atoms with Crippen LogP contribution in [0.4, 0.5) is 8.78 Å². The van der Waals surface area contributed by atoms with Crippen molar-refractivity contribution in [2.75, 3.05) is 13.2 Å². The predicted octanol–water partition coefficient (Wildman–Crippen LogP) is 4.40. The third-order valence-corrected chi connectivity index (χ3v) is 4.85. The van der Waals surface area contributed by atoms with Crippen LogP contribution in [0.15, 0.2) is 54.7 Å². The van der Waals surface area contributed by atoms with Gasteiger partial charge in [-0.05, 0) is 55.8 Å². The van der Waals surface area contributed by atoms with Gasteiger partial charge in [0.1, 0.15) is 11.6 Å². The zero-order valence-electron chi connectivity index (χ0n) is 18.1.